The van der Waals surface area contributed by atoms with Crippen LogP contribution in [0.4, 0.5) is 5.82 Å². The van der Waals surface area contributed by atoms with Crippen molar-refractivity contribution in [2.45, 2.75) is 38.5 Å². The number of nitrogens with one attached hydrogen (secondary N) is 2. The van der Waals surface area contributed by atoms with Gasteiger partial charge in [-0.25, -0.2) is 18.1 Å². The summed E-state index contributed by atoms with van der Waals surface area (Å²) in [5.41, 5.74) is 0. The molecular weight excluding hydrogens is 262 g/mol. The Morgan fingerprint density at radius 2 is 2.05 bits per heavy atom. The van der Waals surface area contributed by atoms with Crippen molar-refractivity contribution in [1.29, 1.82) is 0 Å². The Labute approximate surface area is 115 Å². The van der Waals surface area contributed by atoms with E-state index in [2.05, 4.69) is 28.9 Å². The molecule has 0 aliphatic heterocycles. The number of hydrogen-bond acceptors (Lipinski definition) is 4. The van der Waals surface area contributed by atoms with E-state index < -0.39 is 10.0 Å². The molecule has 0 atom stereocenters. The quantitative estimate of drug-likeness (QED) is 0.768. The first-order valence-corrected chi connectivity index (χ1v) is 8.13. The van der Waals surface area contributed by atoms with Crippen molar-refractivity contribution in [3.05, 3.63) is 18.3 Å². The Bertz CT molecular complexity index is 486. The first-order valence-electron chi connectivity index (χ1n) is 6.65. The predicted molar refractivity (Wildman–Crippen MR) is 77.7 cm³/mol. The number of anilines is 1. The molecule has 0 aliphatic carbocycles. The van der Waals surface area contributed by atoms with Crippen LogP contribution >= 0.6 is 0 Å². The van der Waals surface area contributed by atoms with Crippen LogP contribution in [0.1, 0.15) is 33.6 Å². The average Bonchev–Trinajstić information content (AvgIpc) is 2.36. The van der Waals surface area contributed by atoms with Crippen LogP contribution in [-0.2, 0) is 10.0 Å². The van der Waals surface area contributed by atoms with E-state index in [-0.39, 0.29) is 4.90 Å². The lowest BCUT2D eigenvalue weighted by molar-refractivity contribution is 0.551. The standard InChI is InChI=1S/C13H23N3O2S/c1-4-7-14-13-10-12(6-8-15-13)19(17,18)16-9-5-11(2)3/h6,8,10-11,16H,4-5,7,9H2,1-3H3,(H,14,15). The molecule has 2 N–H and O–H groups in total. The van der Waals surface area contributed by atoms with E-state index >= 15 is 0 Å². The molecule has 0 saturated heterocycles. The van der Waals surface area contributed by atoms with E-state index in [1.54, 1.807) is 6.07 Å². The molecule has 1 aromatic heterocycles. The van der Waals surface area contributed by atoms with Gasteiger partial charge in [0, 0.05) is 25.4 Å². The van der Waals surface area contributed by atoms with Gasteiger partial charge in [-0.3, -0.25) is 0 Å². The van der Waals surface area contributed by atoms with Gasteiger partial charge in [0.25, 0.3) is 0 Å². The van der Waals surface area contributed by atoms with Crippen LogP contribution in [0.3, 0.4) is 0 Å². The largest absolute Gasteiger partial charge is 0.370 e. The predicted octanol–water partition coefficient (Wildman–Crippen LogP) is 2.23. The second-order valence-corrected chi connectivity index (χ2v) is 6.65. The minimum Gasteiger partial charge on any atom is -0.370 e. The van der Waals surface area contributed by atoms with Crippen molar-refractivity contribution in [2.75, 3.05) is 18.4 Å². The molecule has 0 aromatic carbocycles. The average molecular weight is 285 g/mol. The highest BCUT2D eigenvalue weighted by Crippen LogP contribution is 2.12. The maximum atomic E-state index is 12.1. The number of hydrogen-bond donors (Lipinski definition) is 2. The normalized spacial score (nSPS) is 11.8. The topological polar surface area (TPSA) is 71.1 Å². The van der Waals surface area contributed by atoms with Crippen LogP contribution in [0.15, 0.2) is 23.2 Å². The lowest BCUT2D eigenvalue weighted by Gasteiger charge is -2.09. The third-order valence-corrected chi connectivity index (χ3v) is 4.07. The fourth-order valence-electron chi connectivity index (χ4n) is 1.49. The molecule has 0 spiro atoms. The van der Waals surface area contributed by atoms with Gasteiger partial charge in [-0.1, -0.05) is 20.8 Å². The van der Waals surface area contributed by atoms with Crippen molar-refractivity contribution in [2.24, 2.45) is 5.92 Å². The summed E-state index contributed by atoms with van der Waals surface area (Å²) >= 11 is 0. The molecule has 0 saturated carbocycles. The zero-order valence-electron chi connectivity index (χ0n) is 11.8. The molecule has 5 nitrogen and oxygen atoms in total. The minimum absolute atomic E-state index is 0.254. The number of sulfonamides is 1. The Morgan fingerprint density at radius 3 is 2.68 bits per heavy atom. The van der Waals surface area contributed by atoms with Gasteiger partial charge in [0.1, 0.15) is 5.82 Å². The van der Waals surface area contributed by atoms with Gasteiger partial charge in [-0.2, -0.15) is 0 Å². The van der Waals surface area contributed by atoms with E-state index in [9.17, 15) is 8.42 Å². The lowest BCUT2D eigenvalue weighted by atomic mass is 10.1. The number of pyridine rings is 1. The van der Waals surface area contributed by atoms with Gasteiger partial charge < -0.3 is 5.32 Å². The summed E-state index contributed by atoms with van der Waals surface area (Å²) in [6.45, 7) is 7.40. The third-order valence-electron chi connectivity index (χ3n) is 2.61. The Balaban J connectivity index is 2.71. The van der Waals surface area contributed by atoms with Gasteiger partial charge in [-0.15, -0.1) is 0 Å². The first kappa shape index (κ1) is 15.9. The van der Waals surface area contributed by atoms with E-state index in [0.29, 0.717) is 18.3 Å². The monoisotopic (exact) mass is 285 g/mol. The summed E-state index contributed by atoms with van der Waals surface area (Å²) in [6.07, 6.45) is 3.30. The van der Waals surface area contributed by atoms with Crippen LogP contribution in [0.25, 0.3) is 0 Å². The molecule has 108 valence electrons. The lowest BCUT2D eigenvalue weighted by Crippen LogP contribution is -2.25. The van der Waals surface area contributed by atoms with E-state index in [4.69, 9.17) is 0 Å². The highest BCUT2D eigenvalue weighted by Gasteiger charge is 2.14. The third kappa shape index (κ3) is 5.57. The summed E-state index contributed by atoms with van der Waals surface area (Å²) in [5.74, 6) is 1.07. The molecule has 0 fully saturated rings. The molecular formula is C13H23N3O2S. The van der Waals surface area contributed by atoms with Crippen molar-refractivity contribution >= 4 is 15.8 Å². The van der Waals surface area contributed by atoms with Crippen molar-refractivity contribution < 1.29 is 8.42 Å². The molecule has 6 heteroatoms. The van der Waals surface area contributed by atoms with Crippen LogP contribution in [0.2, 0.25) is 0 Å². The SMILES string of the molecule is CCCNc1cc(S(=O)(=O)NCCC(C)C)ccn1. The molecule has 0 aliphatic rings. The second-order valence-electron chi connectivity index (χ2n) is 4.88. The summed E-state index contributed by atoms with van der Waals surface area (Å²) in [7, 11) is -3.43. The Morgan fingerprint density at radius 1 is 1.32 bits per heavy atom. The fourth-order valence-corrected chi connectivity index (χ4v) is 2.55. The maximum Gasteiger partial charge on any atom is 0.240 e. The Kier molecular flexibility index (Phi) is 6.24. The molecule has 1 heterocycles. The number of nitrogens with zero attached hydrogens (tertiary/aromatic N) is 1. The minimum atomic E-state index is -3.43. The van der Waals surface area contributed by atoms with Crippen molar-refractivity contribution in [3.8, 4) is 0 Å². The fraction of sp³-hybridized carbons (Fsp3) is 0.615. The molecule has 19 heavy (non-hydrogen) atoms. The first-order chi connectivity index (χ1) is 8.95. The van der Waals surface area contributed by atoms with Gasteiger partial charge in [0.15, 0.2) is 0 Å². The van der Waals surface area contributed by atoms with Crippen LogP contribution in [-0.4, -0.2) is 26.5 Å². The highest BCUT2D eigenvalue weighted by atomic mass is 32.2. The molecule has 1 rings (SSSR count). The highest BCUT2D eigenvalue weighted by molar-refractivity contribution is 7.89. The maximum absolute atomic E-state index is 12.1. The molecule has 0 bridgehead atoms. The van der Waals surface area contributed by atoms with Crippen LogP contribution in [0.5, 0.6) is 0 Å². The summed E-state index contributed by atoms with van der Waals surface area (Å²) < 4.78 is 26.8. The zero-order chi connectivity index (χ0) is 14.3. The van der Waals surface area contributed by atoms with Gasteiger partial charge >= 0.3 is 0 Å². The molecule has 0 amide bonds. The second kappa shape index (κ2) is 7.45. The van der Waals surface area contributed by atoms with E-state index in [1.807, 2.05) is 6.92 Å². The summed E-state index contributed by atoms with van der Waals surface area (Å²) in [5, 5.41) is 3.08. The molecule has 0 unspecified atom stereocenters. The van der Waals surface area contributed by atoms with Gasteiger partial charge in [-0.05, 0) is 24.8 Å². The summed E-state index contributed by atoms with van der Waals surface area (Å²) in [4.78, 5) is 4.35. The smallest absolute Gasteiger partial charge is 0.240 e. The zero-order valence-corrected chi connectivity index (χ0v) is 12.6. The summed E-state index contributed by atoms with van der Waals surface area (Å²) in [6, 6.07) is 3.07. The Hall–Kier alpha value is -1.14. The number of aromatic nitrogens is 1. The molecule has 0 radical (unpaired) electrons. The van der Waals surface area contributed by atoms with Crippen molar-refractivity contribution in [1.82, 2.24) is 9.71 Å². The number of rotatable bonds is 8. The van der Waals surface area contributed by atoms with E-state index in [0.717, 1.165) is 19.4 Å². The molecule has 1 aromatic rings. The van der Waals surface area contributed by atoms with Gasteiger partial charge in [0.2, 0.25) is 10.0 Å². The van der Waals surface area contributed by atoms with Crippen LogP contribution < -0.4 is 10.0 Å². The van der Waals surface area contributed by atoms with Crippen molar-refractivity contribution in [3.63, 3.8) is 0 Å². The van der Waals surface area contributed by atoms with Gasteiger partial charge in [0.05, 0.1) is 4.90 Å². The van der Waals surface area contributed by atoms with E-state index in [1.165, 1.54) is 12.3 Å². The van der Waals surface area contributed by atoms with Crippen LogP contribution in [0, 0.1) is 5.92 Å².